The van der Waals surface area contributed by atoms with Gasteiger partial charge in [0.25, 0.3) is 0 Å². The van der Waals surface area contributed by atoms with Gasteiger partial charge in [-0.1, -0.05) is 29.8 Å². The van der Waals surface area contributed by atoms with Crippen molar-refractivity contribution in [2.75, 3.05) is 4.90 Å². The van der Waals surface area contributed by atoms with E-state index < -0.39 is 0 Å². The summed E-state index contributed by atoms with van der Waals surface area (Å²) in [7, 11) is 0. The molecule has 2 aromatic carbocycles. The molecule has 0 saturated carbocycles. The zero-order valence-corrected chi connectivity index (χ0v) is 18.5. The van der Waals surface area contributed by atoms with E-state index in [2.05, 4.69) is 18.7 Å². The SMILES string of the molecule is CCn1c(-c2ccc(Cl)cc2)nn(CN2c3ccccc3[C@H](C(N)=O)C[C@H]2C)c1=S. The smallest absolute Gasteiger partial charge is 0.225 e. The number of primary amides is 1. The van der Waals surface area contributed by atoms with E-state index in [1.54, 1.807) is 0 Å². The highest BCUT2D eigenvalue weighted by atomic mass is 35.5. The predicted octanol–water partition coefficient (Wildman–Crippen LogP) is 4.58. The fourth-order valence-corrected chi connectivity index (χ4v) is 4.58. The first-order chi connectivity index (χ1) is 14.4. The zero-order valence-electron chi connectivity index (χ0n) is 17.0. The summed E-state index contributed by atoms with van der Waals surface area (Å²) in [4.78, 5) is 14.2. The second-order valence-electron chi connectivity index (χ2n) is 7.57. The molecular formula is C22H24ClN5OS. The van der Waals surface area contributed by atoms with Crippen LogP contribution in [0.2, 0.25) is 5.02 Å². The maximum absolute atomic E-state index is 12.0. The van der Waals surface area contributed by atoms with Gasteiger partial charge in [-0.3, -0.25) is 4.79 Å². The van der Waals surface area contributed by atoms with Gasteiger partial charge in [-0.15, -0.1) is 5.10 Å². The molecule has 3 aromatic rings. The van der Waals surface area contributed by atoms with Gasteiger partial charge in [0.05, 0.1) is 5.92 Å². The number of carbonyl (C=O) groups is 1. The van der Waals surface area contributed by atoms with E-state index in [0.29, 0.717) is 29.4 Å². The Balaban J connectivity index is 1.74. The van der Waals surface area contributed by atoms with Gasteiger partial charge in [-0.05, 0) is 68.4 Å². The number of amides is 1. The third-order valence-electron chi connectivity index (χ3n) is 5.70. The van der Waals surface area contributed by atoms with Crippen LogP contribution < -0.4 is 10.6 Å². The Kier molecular flexibility index (Phi) is 5.66. The zero-order chi connectivity index (χ0) is 21.4. The lowest BCUT2D eigenvalue weighted by Gasteiger charge is -2.39. The Bertz CT molecular complexity index is 1140. The summed E-state index contributed by atoms with van der Waals surface area (Å²) in [5, 5.41) is 5.52. The van der Waals surface area contributed by atoms with Crippen LogP contribution in [0.5, 0.6) is 0 Å². The summed E-state index contributed by atoms with van der Waals surface area (Å²) in [6.45, 7) is 5.37. The number of benzene rings is 2. The van der Waals surface area contributed by atoms with E-state index in [1.807, 2.05) is 57.8 Å². The van der Waals surface area contributed by atoms with E-state index in [0.717, 1.165) is 22.6 Å². The number of hydrogen-bond donors (Lipinski definition) is 1. The number of fused-ring (bicyclic) bond motifs is 1. The van der Waals surface area contributed by atoms with Crippen molar-refractivity contribution in [2.45, 2.75) is 45.4 Å². The first kappa shape index (κ1) is 20.6. The Labute approximate surface area is 185 Å². The molecule has 1 aliphatic rings. The molecule has 2 N–H and O–H groups in total. The molecule has 2 heterocycles. The third-order valence-corrected chi connectivity index (χ3v) is 6.38. The van der Waals surface area contributed by atoms with Crippen LogP contribution in [-0.4, -0.2) is 26.3 Å². The molecule has 6 nitrogen and oxygen atoms in total. The molecule has 0 fully saturated rings. The lowest BCUT2D eigenvalue weighted by atomic mass is 9.86. The van der Waals surface area contributed by atoms with E-state index in [1.165, 1.54) is 0 Å². The van der Waals surface area contributed by atoms with Crippen LogP contribution in [0.25, 0.3) is 11.4 Å². The van der Waals surface area contributed by atoms with E-state index in [9.17, 15) is 4.79 Å². The van der Waals surface area contributed by atoms with Crippen molar-refractivity contribution in [1.29, 1.82) is 0 Å². The third kappa shape index (κ3) is 3.63. The molecule has 30 heavy (non-hydrogen) atoms. The van der Waals surface area contributed by atoms with Crippen molar-refractivity contribution >= 4 is 35.4 Å². The van der Waals surface area contributed by atoms with Crippen LogP contribution in [0.15, 0.2) is 48.5 Å². The molecule has 2 atom stereocenters. The number of nitrogens with zero attached hydrogens (tertiary/aromatic N) is 4. The summed E-state index contributed by atoms with van der Waals surface area (Å²) < 4.78 is 4.52. The van der Waals surface area contributed by atoms with Crippen LogP contribution in [0, 0.1) is 4.77 Å². The predicted molar refractivity (Wildman–Crippen MR) is 122 cm³/mol. The number of hydrogen-bond acceptors (Lipinski definition) is 4. The molecule has 156 valence electrons. The van der Waals surface area contributed by atoms with Gasteiger partial charge in [0.15, 0.2) is 10.6 Å². The monoisotopic (exact) mass is 441 g/mol. The minimum atomic E-state index is -0.286. The highest BCUT2D eigenvalue weighted by Crippen LogP contribution is 2.38. The molecule has 1 aromatic heterocycles. The standard InChI is InChI=1S/C22H24ClN5OS/c1-3-26-21(15-8-10-16(23)11-9-15)25-28(22(26)30)13-27-14(2)12-18(20(24)29)17-6-4-5-7-19(17)27/h4-11,14,18H,3,12-13H2,1-2H3,(H2,24,29)/t14-,18-/m1/s1. The number of para-hydroxylation sites is 1. The van der Waals surface area contributed by atoms with Crippen molar-refractivity contribution in [3.05, 3.63) is 63.9 Å². The quantitative estimate of drug-likeness (QED) is 0.588. The maximum Gasteiger partial charge on any atom is 0.225 e. The second-order valence-corrected chi connectivity index (χ2v) is 8.37. The number of nitrogens with two attached hydrogens (primary N) is 1. The summed E-state index contributed by atoms with van der Waals surface area (Å²) in [6.07, 6.45) is 0.665. The number of aromatic nitrogens is 3. The normalized spacial score (nSPS) is 18.3. The highest BCUT2D eigenvalue weighted by molar-refractivity contribution is 7.71. The summed E-state index contributed by atoms with van der Waals surface area (Å²) in [5.74, 6) is 0.247. The van der Waals surface area contributed by atoms with E-state index in [4.69, 9.17) is 34.7 Å². The van der Waals surface area contributed by atoms with E-state index in [-0.39, 0.29) is 17.9 Å². The Morgan fingerprint density at radius 1 is 1.23 bits per heavy atom. The van der Waals surface area contributed by atoms with Crippen LogP contribution in [0.3, 0.4) is 0 Å². The number of carbonyl (C=O) groups excluding carboxylic acids is 1. The molecule has 0 bridgehead atoms. The van der Waals surface area contributed by atoms with Crippen LogP contribution in [0.4, 0.5) is 5.69 Å². The Morgan fingerprint density at radius 2 is 1.93 bits per heavy atom. The molecule has 0 radical (unpaired) electrons. The number of halogens is 1. The largest absolute Gasteiger partial charge is 0.369 e. The van der Waals surface area contributed by atoms with Crippen molar-refractivity contribution in [2.24, 2.45) is 5.73 Å². The van der Waals surface area contributed by atoms with Gasteiger partial charge >= 0.3 is 0 Å². The molecule has 4 rings (SSSR count). The van der Waals surface area contributed by atoms with Crippen LogP contribution >= 0.6 is 23.8 Å². The highest BCUT2D eigenvalue weighted by Gasteiger charge is 2.33. The number of rotatable bonds is 5. The molecular weight excluding hydrogens is 418 g/mol. The molecule has 0 spiro atoms. The van der Waals surface area contributed by atoms with E-state index >= 15 is 0 Å². The Hall–Kier alpha value is -2.64. The van der Waals surface area contributed by atoms with Gasteiger partial charge < -0.3 is 15.2 Å². The van der Waals surface area contributed by atoms with Crippen molar-refractivity contribution in [1.82, 2.24) is 14.3 Å². The molecule has 0 saturated heterocycles. The minimum Gasteiger partial charge on any atom is -0.369 e. The molecule has 0 aliphatic carbocycles. The minimum absolute atomic E-state index is 0.116. The molecule has 1 amide bonds. The summed E-state index contributed by atoms with van der Waals surface area (Å²) in [5.41, 5.74) is 8.60. The molecule has 8 heteroatoms. The lowest BCUT2D eigenvalue weighted by molar-refractivity contribution is -0.119. The van der Waals surface area contributed by atoms with Gasteiger partial charge in [-0.25, -0.2) is 4.68 Å². The van der Waals surface area contributed by atoms with Gasteiger partial charge in [0.1, 0.15) is 6.67 Å². The summed E-state index contributed by atoms with van der Waals surface area (Å²) >= 11 is 11.8. The first-order valence-electron chi connectivity index (χ1n) is 9.99. The van der Waals surface area contributed by atoms with Gasteiger partial charge in [0.2, 0.25) is 5.91 Å². The topological polar surface area (TPSA) is 69.1 Å². The molecule has 1 aliphatic heterocycles. The van der Waals surface area contributed by atoms with Crippen molar-refractivity contribution < 1.29 is 4.79 Å². The summed E-state index contributed by atoms with van der Waals surface area (Å²) in [6, 6.07) is 15.7. The molecule has 0 unspecified atom stereocenters. The first-order valence-corrected chi connectivity index (χ1v) is 10.8. The van der Waals surface area contributed by atoms with Crippen molar-refractivity contribution in [3.8, 4) is 11.4 Å². The van der Waals surface area contributed by atoms with Crippen molar-refractivity contribution in [3.63, 3.8) is 0 Å². The fourth-order valence-electron chi connectivity index (χ4n) is 4.14. The average Bonchev–Trinajstić information content (AvgIpc) is 3.05. The lowest BCUT2D eigenvalue weighted by Crippen LogP contribution is -2.42. The van der Waals surface area contributed by atoms with Crippen LogP contribution in [-0.2, 0) is 18.0 Å². The second kappa shape index (κ2) is 8.24. The fraction of sp³-hybridized carbons (Fsp3) is 0.318. The average molecular weight is 442 g/mol. The maximum atomic E-state index is 12.0. The van der Waals surface area contributed by atoms with Gasteiger partial charge in [-0.2, -0.15) is 0 Å². The van der Waals surface area contributed by atoms with Gasteiger partial charge in [0, 0.05) is 28.9 Å². The van der Waals surface area contributed by atoms with Crippen LogP contribution in [0.1, 0.15) is 31.7 Å². The Morgan fingerprint density at radius 3 is 2.60 bits per heavy atom. The number of anilines is 1.